The first kappa shape index (κ1) is 25.6. The molecule has 178 valence electrons. The molecule has 0 bridgehead atoms. The van der Waals surface area contributed by atoms with Crippen molar-refractivity contribution in [2.75, 3.05) is 18.6 Å². The molecule has 1 fully saturated rings. The van der Waals surface area contributed by atoms with Crippen LogP contribution in [0.1, 0.15) is 56.1 Å². The molecule has 3 atom stereocenters. The number of nitrogens with one attached hydrogen (secondary N) is 2. The molecule has 0 radical (unpaired) electrons. The van der Waals surface area contributed by atoms with Crippen molar-refractivity contribution in [2.24, 2.45) is 11.7 Å². The highest BCUT2D eigenvalue weighted by Crippen LogP contribution is 2.38. The molecule has 1 aromatic rings. The molecule has 3 amide bonds. The lowest BCUT2D eigenvalue weighted by Crippen LogP contribution is -2.48. The van der Waals surface area contributed by atoms with Gasteiger partial charge in [0.2, 0.25) is 11.8 Å². The van der Waals surface area contributed by atoms with Gasteiger partial charge in [-0.05, 0) is 43.2 Å². The van der Waals surface area contributed by atoms with E-state index in [1.807, 2.05) is 31.2 Å². The summed E-state index contributed by atoms with van der Waals surface area (Å²) in [7, 11) is -3.28. The lowest BCUT2D eigenvalue weighted by atomic mass is 9.75. The van der Waals surface area contributed by atoms with Gasteiger partial charge >= 0.3 is 6.09 Å². The molecule has 4 N–H and O–H groups in total. The largest absolute Gasteiger partial charge is 0.445 e. The van der Waals surface area contributed by atoms with E-state index in [1.165, 1.54) is 0 Å². The lowest BCUT2D eigenvalue weighted by molar-refractivity contribution is -0.131. The van der Waals surface area contributed by atoms with Crippen LogP contribution in [0.25, 0.3) is 0 Å². The molecule has 1 saturated carbocycles. The number of amides is 3. The summed E-state index contributed by atoms with van der Waals surface area (Å²) < 4.78 is 28.0. The second-order valence-electron chi connectivity index (χ2n) is 8.23. The number of rotatable bonds is 10. The number of nitrogens with two attached hydrogens (primary N) is 1. The molecule has 32 heavy (non-hydrogen) atoms. The van der Waals surface area contributed by atoms with Gasteiger partial charge in [-0.3, -0.25) is 9.59 Å². The number of primary amides is 1. The summed E-state index contributed by atoms with van der Waals surface area (Å²) in [6, 6.07) is 6.59. The van der Waals surface area contributed by atoms with Gasteiger partial charge in [0.1, 0.15) is 22.5 Å². The highest BCUT2D eigenvalue weighted by molar-refractivity contribution is 7.90. The third-order valence-electron chi connectivity index (χ3n) is 5.64. The van der Waals surface area contributed by atoms with Gasteiger partial charge in [-0.1, -0.05) is 37.1 Å². The Morgan fingerprint density at radius 1 is 1.16 bits per heavy atom. The number of benzene rings is 1. The molecule has 3 unspecified atom stereocenters. The minimum absolute atomic E-state index is 0.0226. The van der Waals surface area contributed by atoms with Crippen molar-refractivity contribution in [2.45, 2.75) is 57.6 Å². The Labute approximate surface area is 189 Å². The fourth-order valence-corrected chi connectivity index (χ4v) is 4.61. The van der Waals surface area contributed by atoms with Crippen LogP contribution in [0, 0.1) is 5.92 Å². The van der Waals surface area contributed by atoms with E-state index >= 15 is 0 Å². The second kappa shape index (κ2) is 11.8. The average Bonchev–Trinajstić information content (AvgIpc) is 2.75. The smallest absolute Gasteiger partial charge is 0.407 e. The van der Waals surface area contributed by atoms with Crippen LogP contribution in [-0.4, -0.2) is 50.9 Å². The highest BCUT2D eigenvalue weighted by atomic mass is 32.2. The van der Waals surface area contributed by atoms with Gasteiger partial charge in [-0.25, -0.2) is 13.2 Å². The van der Waals surface area contributed by atoms with Gasteiger partial charge in [0.05, 0.1) is 5.75 Å². The Balaban J connectivity index is 2.05. The summed E-state index contributed by atoms with van der Waals surface area (Å²) in [6.45, 7) is 2.46. The monoisotopic (exact) mass is 467 g/mol. The number of carbonyl (C=O) groups excluding carboxylic acids is 3. The first-order valence-corrected chi connectivity index (χ1v) is 12.9. The van der Waals surface area contributed by atoms with Crippen molar-refractivity contribution in [3.63, 3.8) is 0 Å². The van der Waals surface area contributed by atoms with Gasteiger partial charge in [0.15, 0.2) is 0 Å². The van der Waals surface area contributed by atoms with E-state index in [-0.39, 0.29) is 36.5 Å². The Morgan fingerprint density at radius 3 is 2.41 bits per heavy atom. The molecule has 0 aromatic heterocycles. The predicted octanol–water partition coefficient (Wildman–Crippen LogP) is 1.61. The van der Waals surface area contributed by atoms with Crippen LogP contribution in [-0.2, 0) is 30.8 Å². The number of sulfone groups is 1. The second-order valence-corrected chi connectivity index (χ2v) is 10.5. The molecule has 1 aliphatic rings. The summed E-state index contributed by atoms with van der Waals surface area (Å²) >= 11 is 0. The molecular weight excluding hydrogens is 434 g/mol. The Kier molecular flexibility index (Phi) is 9.49. The molecule has 0 heterocycles. The Hall–Kier alpha value is -2.62. The summed E-state index contributed by atoms with van der Waals surface area (Å²) in [6.07, 6.45) is 3.96. The maximum atomic E-state index is 13.0. The van der Waals surface area contributed by atoms with Gasteiger partial charge in [0.25, 0.3) is 0 Å². The zero-order valence-corrected chi connectivity index (χ0v) is 19.4. The van der Waals surface area contributed by atoms with Crippen LogP contribution < -0.4 is 16.4 Å². The summed E-state index contributed by atoms with van der Waals surface area (Å²) in [4.78, 5) is 36.2. The van der Waals surface area contributed by atoms with Crippen LogP contribution in [0.15, 0.2) is 24.3 Å². The normalized spacial score (nSPS) is 19.6. The van der Waals surface area contributed by atoms with Gasteiger partial charge in [-0.15, -0.1) is 0 Å². The molecule has 1 aliphatic carbocycles. The number of hydrogen-bond donors (Lipinski definition) is 3. The third-order valence-corrected chi connectivity index (χ3v) is 6.62. The average molecular weight is 468 g/mol. The third kappa shape index (κ3) is 8.14. The first-order valence-electron chi connectivity index (χ1n) is 10.9. The summed E-state index contributed by atoms with van der Waals surface area (Å²) in [5, 5.41) is 5.24. The first-order chi connectivity index (χ1) is 15.1. The van der Waals surface area contributed by atoms with E-state index < -0.39 is 27.9 Å². The molecule has 0 spiro atoms. The van der Waals surface area contributed by atoms with Crippen molar-refractivity contribution in [1.82, 2.24) is 10.6 Å². The number of carbonyl (C=O) groups is 3. The Morgan fingerprint density at radius 2 is 1.81 bits per heavy atom. The molecule has 0 saturated heterocycles. The van der Waals surface area contributed by atoms with E-state index in [0.29, 0.717) is 13.0 Å². The van der Waals surface area contributed by atoms with E-state index in [0.717, 1.165) is 36.6 Å². The van der Waals surface area contributed by atoms with Gasteiger partial charge < -0.3 is 21.1 Å². The van der Waals surface area contributed by atoms with Gasteiger partial charge in [0, 0.05) is 18.7 Å². The molecular formula is C22H33N3O6S. The zero-order valence-electron chi connectivity index (χ0n) is 18.6. The van der Waals surface area contributed by atoms with Crippen LogP contribution in [0.5, 0.6) is 0 Å². The molecule has 9 nitrogen and oxygen atoms in total. The minimum Gasteiger partial charge on any atom is -0.445 e. The predicted molar refractivity (Wildman–Crippen MR) is 120 cm³/mol. The summed E-state index contributed by atoms with van der Waals surface area (Å²) in [5.74, 6) is -1.61. The quantitative estimate of drug-likeness (QED) is 0.477. The van der Waals surface area contributed by atoms with Crippen molar-refractivity contribution >= 4 is 27.7 Å². The van der Waals surface area contributed by atoms with E-state index in [4.69, 9.17) is 10.5 Å². The van der Waals surface area contributed by atoms with E-state index in [2.05, 4.69) is 10.6 Å². The molecule has 10 heteroatoms. The highest BCUT2D eigenvalue weighted by Gasteiger charge is 2.33. The SMILES string of the molecule is CCNC(=O)OCc1ccc(C2CCCCC2C(=O)NC(CCS(C)(=O)=O)C(N)=O)cc1. The maximum absolute atomic E-state index is 13.0. The Bertz CT molecular complexity index is 901. The molecule has 2 rings (SSSR count). The zero-order chi connectivity index (χ0) is 23.7. The van der Waals surface area contributed by atoms with Gasteiger partial charge in [-0.2, -0.15) is 0 Å². The van der Waals surface area contributed by atoms with Crippen molar-refractivity contribution in [3.8, 4) is 0 Å². The molecule has 1 aromatic carbocycles. The fourth-order valence-electron chi connectivity index (χ4n) is 3.95. The number of ether oxygens (including phenoxy) is 1. The maximum Gasteiger partial charge on any atom is 0.407 e. The minimum atomic E-state index is -3.28. The lowest BCUT2D eigenvalue weighted by Gasteiger charge is -2.32. The number of alkyl carbamates (subject to hydrolysis) is 1. The molecule has 0 aliphatic heterocycles. The standard InChI is InChI=1S/C22H33N3O6S/c1-3-24-22(28)31-14-15-8-10-16(11-9-15)17-6-4-5-7-18(17)21(27)25-19(20(23)26)12-13-32(2,29)30/h8-11,17-19H,3-7,12-14H2,1-2H3,(H2,23,26)(H,24,28)(H,25,27). The van der Waals surface area contributed by atoms with Crippen molar-refractivity contribution in [3.05, 3.63) is 35.4 Å². The van der Waals surface area contributed by atoms with Crippen LogP contribution >= 0.6 is 0 Å². The topological polar surface area (TPSA) is 145 Å². The fraction of sp³-hybridized carbons (Fsp3) is 0.591. The van der Waals surface area contributed by atoms with Crippen LogP contribution in [0.2, 0.25) is 0 Å². The van der Waals surface area contributed by atoms with Crippen molar-refractivity contribution < 1.29 is 27.5 Å². The van der Waals surface area contributed by atoms with E-state index in [1.54, 1.807) is 0 Å². The van der Waals surface area contributed by atoms with Crippen molar-refractivity contribution in [1.29, 1.82) is 0 Å². The summed E-state index contributed by atoms with van der Waals surface area (Å²) in [5.41, 5.74) is 7.22. The number of hydrogen-bond acceptors (Lipinski definition) is 6. The van der Waals surface area contributed by atoms with Crippen LogP contribution in [0.3, 0.4) is 0 Å². The van der Waals surface area contributed by atoms with Crippen LogP contribution in [0.4, 0.5) is 4.79 Å². The van der Waals surface area contributed by atoms with E-state index in [9.17, 15) is 22.8 Å².